The summed E-state index contributed by atoms with van der Waals surface area (Å²) in [4.78, 5) is 48.0. The van der Waals surface area contributed by atoms with E-state index in [1.54, 1.807) is 12.1 Å². The molecule has 2 saturated heterocycles. The van der Waals surface area contributed by atoms with Crippen LogP contribution >= 0.6 is 11.6 Å². The number of ether oxygens (including phenoxy) is 7. The summed E-state index contributed by atoms with van der Waals surface area (Å²) in [5.74, 6) is -1.90. The molecule has 2 aliphatic heterocycles. The summed E-state index contributed by atoms with van der Waals surface area (Å²) in [5.41, 5.74) is 2.28. The van der Waals surface area contributed by atoms with E-state index in [0.29, 0.717) is 30.2 Å². The van der Waals surface area contributed by atoms with Crippen LogP contribution in [0.25, 0.3) is 0 Å². The molecule has 0 aromatic heterocycles. The van der Waals surface area contributed by atoms with Crippen molar-refractivity contribution in [3.8, 4) is 5.75 Å². The first-order valence-electron chi connectivity index (χ1n) is 13.9. The molecule has 0 radical (unpaired) electrons. The van der Waals surface area contributed by atoms with Gasteiger partial charge in [0.1, 0.15) is 30.7 Å². The van der Waals surface area contributed by atoms with Gasteiger partial charge in [-0.25, -0.2) is 0 Å². The highest BCUT2D eigenvalue weighted by Crippen LogP contribution is 2.39. The lowest BCUT2D eigenvalue weighted by atomic mass is 9.89. The molecule has 4 rings (SSSR count). The van der Waals surface area contributed by atoms with Gasteiger partial charge < -0.3 is 33.2 Å². The van der Waals surface area contributed by atoms with Gasteiger partial charge in [0, 0.05) is 39.1 Å². The molecule has 2 fully saturated rings. The van der Waals surface area contributed by atoms with Gasteiger partial charge in [0.2, 0.25) is 0 Å². The average Bonchev–Trinajstić information content (AvgIpc) is 3.44. The molecular weight excluding hydrogens is 584 g/mol. The zero-order valence-corrected chi connectivity index (χ0v) is 25.2. The molecule has 0 N–H and O–H groups in total. The predicted molar refractivity (Wildman–Crippen MR) is 151 cm³/mol. The third-order valence-corrected chi connectivity index (χ3v) is 7.27. The highest BCUT2D eigenvalue weighted by Gasteiger charge is 2.52. The topological polar surface area (TPSA) is 133 Å². The van der Waals surface area contributed by atoms with E-state index in [1.807, 2.05) is 30.3 Å². The Bertz CT molecular complexity index is 1310. The smallest absolute Gasteiger partial charge is 0.303 e. The maximum Gasteiger partial charge on any atom is 0.303 e. The lowest BCUT2D eigenvalue weighted by molar-refractivity contribution is -0.254. The number of hydrogen-bond donors (Lipinski definition) is 0. The van der Waals surface area contributed by atoms with E-state index < -0.39 is 54.4 Å². The summed E-state index contributed by atoms with van der Waals surface area (Å²) in [6, 6.07) is 12.9. The van der Waals surface area contributed by atoms with Crippen LogP contribution in [0, 0.1) is 0 Å². The van der Waals surface area contributed by atoms with Crippen LogP contribution in [0.2, 0.25) is 5.02 Å². The van der Waals surface area contributed by atoms with E-state index in [0.717, 1.165) is 23.3 Å². The third-order valence-electron chi connectivity index (χ3n) is 6.90. The van der Waals surface area contributed by atoms with Crippen LogP contribution in [0.15, 0.2) is 42.5 Å². The number of benzene rings is 2. The fraction of sp³-hybridized carbons (Fsp3) is 0.484. The second kappa shape index (κ2) is 14.7. The Hall–Kier alpha value is -3.67. The SMILES string of the molecule is CC(=O)OC[C@H]1O[C@@H](c2ccc(Cl)c(Cc3ccc(O[C@H]4CCOC4)cc3)c2)[C@@H](OC(C)=O)[C@@H](OC(C)=O)[C@@H]1OC(C)=O. The number of carbonyl (C=O) groups excluding carboxylic acids is 4. The van der Waals surface area contributed by atoms with E-state index in [1.165, 1.54) is 27.7 Å². The van der Waals surface area contributed by atoms with Gasteiger partial charge in [-0.3, -0.25) is 19.2 Å². The van der Waals surface area contributed by atoms with Crippen molar-refractivity contribution in [3.63, 3.8) is 0 Å². The summed E-state index contributed by atoms with van der Waals surface area (Å²) in [5, 5.41) is 0.498. The highest BCUT2D eigenvalue weighted by atomic mass is 35.5. The molecule has 0 bridgehead atoms. The number of carbonyl (C=O) groups is 4. The molecule has 2 heterocycles. The Labute approximate surface area is 254 Å². The standard InChI is InChI=1S/C31H35ClO11/c1-17(33)38-16-27-29(39-18(2)34)31(41-20(4)36)30(40-19(3)35)28(43-27)22-7-10-26(32)23(14-22)13-21-5-8-24(9-6-21)42-25-11-12-37-15-25/h5-10,14,25,27-31H,11-13,15-16H2,1-4H3/t25-,27+,28-,29+,30+,31-/m0/s1. The number of esters is 4. The molecule has 0 amide bonds. The van der Waals surface area contributed by atoms with Crippen molar-refractivity contribution in [3.05, 3.63) is 64.2 Å². The van der Waals surface area contributed by atoms with Crippen molar-refractivity contribution in [1.82, 2.24) is 0 Å². The summed E-state index contributed by atoms with van der Waals surface area (Å²) in [6.07, 6.45) is -4.39. The maximum atomic E-state index is 12.2. The van der Waals surface area contributed by atoms with Crippen molar-refractivity contribution in [2.24, 2.45) is 0 Å². The molecule has 43 heavy (non-hydrogen) atoms. The first kappa shape index (κ1) is 32.2. The van der Waals surface area contributed by atoms with E-state index in [2.05, 4.69) is 0 Å². The zero-order valence-electron chi connectivity index (χ0n) is 24.4. The van der Waals surface area contributed by atoms with Crippen molar-refractivity contribution in [2.75, 3.05) is 19.8 Å². The lowest BCUT2D eigenvalue weighted by Crippen LogP contribution is -2.59. The molecule has 11 nitrogen and oxygen atoms in total. The van der Waals surface area contributed by atoms with Gasteiger partial charge in [0.05, 0.1) is 13.2 Å². The van der Waals surface area contributed by atoms with Crippen LogP contribution in [-0.2, 0) is 54.0 Å². The lowest BCUT2D eigenvalue weighted by Gasteiger charge is -2.44. The molecule has 12 heteroatoms. The Kier molecular flexibility index (Phi) is 11.0. The summed E-state index contributed by atoms with van der Waals surface area (Å²) in [6.45, 7) is 5.73. The van der Waals surface area contributed by atoms with Crippen LogP contribution in [0.1, 0.15) is 56.9 Å². The van der Waals surface area contributed by atoms with Gasteiger partial charge >= 0.3 is 23.9 Å². The molecular formula is C31H35ClO11. The minimum Gasteiger partial charge on any atom is -0.488 e. The van der Waals surface area contributed by atoms with Gasteiger partial charge in [-0.15, -0.1) is 0 Å². The Morgan fingerprint density at radius 2 is 1.49 bits per heavy atom. The van der Waals surface area contributed by atoms with Crippen molar-refractivity contribution in [1.29, 1.82) is 0 Å². The zero-order chi connectivity index (χ0) is 31.1. The summed E-state index contributed by atoms with van der Waals surface area (Å²) < 4.78 is 39.4. The third kappa shape index (κ3) is 8.92. The van der Waals surface area contributed by atoms with Gasteiger partial charge in [0.15, 0.2) is 18.3 Å². The maximum absolute atomic E-state index is 12.2. The van der Waals surface area contributed by atoms with Crippen LogP contribution in [0.5, 0.6) is 5.75 Å². The van der Waals surface area contributed by atoms with Crippen molar-refractivity contribution < 1.29 is 52.3 Å². The summed E-state index contributed by atoms with van der Waals surface area (Å²) in [7, 11) is 0. The Morgan fingerprint density at radius 1 is 0.837 bits per heavy atom. The molecule has 2 aromatic carbocycles. The molecule has 6 atom stereocenters. The van der Waals surface area contributed by atoms with Crippen molar-refractivity contribution >= 4 is 35.5 Å². The van der Waals surface area contributed by atoms with Gasteiger partial charge in [-0.05, 0) is 41.3 Å². The second-order valence-electron chi connectivity index (χ2n) is 10.4. The molecule has 232 valence electrons. The second-order valence-corrected chi connectivity index (χ2v) is 10.8. The number of hydrogen-bond acceptors (Lipinski definition) is 11. The Balaban J connectivity index is 1.65. The Morgan fingerprint density at radius 3 is 2.09 bits per heavy atom. The highest BCUT2D eigenvalue weighted by molar-refractivity contribution is 6.31. The monoisotopic (exact) mass is 618 g/mol. The van der Waals surface area contributed by atoms with Crippen LogP contribution < -0.4 is 4.74 Å². The van der Waals surface area contributed by atoms with E-state index in [9.17, 15) is 19.2 Å². The summed E-state index contributed by atoms with van der Waals surface area (Å²) >= 11 is 6.59. The van der Waals surface area contributed by atoms with Crippen LogP contribution in [0.3, 0.4) is 0 Å². The molecule has 0 aliphatic carbocycles. The van der Waals surface area contributed by atoms with Gasteiger partial charge in [-0.1, -0.05) is 35.9 Å². The molecule has 0 spiro atoms. The molecule has 0 unspecified atom stereocenters. The van der Waals surface area contributed by atoms with E-state index in [4.69, 9.17) is 44.8 Å². The first-order chi connectivity index (χ1) is 20.5. The minimum absolute atomic E-state index is 0.0403. The number of rotatable bonds is 10. The first-order valence-corrected chi connectivity index (χ1v) is 14.3. The normalized spacial score (nSPS) is 25.0. The van der Waals surface area contributed by atoms with Gasteiger partial charge in [0.25, 0.3) is 0 Å². The number of halogens is 1. The largest absolute Gasteiger partial charge is 0.488 e. The fourth-order valence-corrected chi connectivity index (χ4v) is 5.29. The minimum atomic E-state index is -1.26. The average molecular weight is 619 g/mol. The molecule has 0 saturated carbocycles. The van der Waals surface area contributed by atoms with Crippen LogP contribution in [-0.4, -0.2) is 74.2 Å². The predicted octanol–water partition coefficient (Wildman–Crippen LogP) is 3.90. The molecule has 2 aromatic rings. The van der Waals surface area contributed by atoms with Crippen LogP contribution in [0.4, 0.5) is 0 Å². The van der Waals surface area contributed by atoms with Gasteiger partial charge in [-0.2, -0.15) is 0 Å². The fourth-order valence-electron chi connectivity index (χ4n) is 5.11. The van der Waals surface area contributed by atoms with E-state index >= 15 is 0 Å². The van der Waals surface area contributed by atoms with Crippen molar-refractivity contribution in [2.45, 2.75) is 77.2 Å². The molecule has 2 aliphatic rings. The van der Waals surface area contributed by atoms with E-state index in [-0.39, 0.29) is 12.7 Å². The quantitative estimate of drug-likeness (QED) is 0.284.